The number of carbonyl (C=O) groups excluding carboxylic acids is 2. The van der Waals surface area contributed by atoms with Gasteiger partial charge in [-0.05, 0) is 48.6 Å². The topological polar surface area (TPSA) is 58.6 Å². The minimum Gasteiger partial charge on any atom is -0.445 e. The molecule has 1 fully saturated rings. The molecule has 1 heterocycles. The van der Waals surface area contributed by atoms with Gasteiger partial charge in [-0.25, -0.2) is 4.79 Å². The van der Waals surface area contributed by atoms with E-state index in [1.165, 1.54) is 4.90 Å². The lowest BCUT2D eigenvalue weighted by atomic mass is 10.1. The Morgan fingerprint density at radius 1 is 1.19 bits per heavy atom. The van der Waals surface area contributed by atoms with Crippen molar-refractivity contribution >= 4 is 39.7 Å². The van der Waals surface area contributed by atoms with E-state index in [4.69, 9.17) is 4.74 Å². The minimum absolute atomic E-state index is 0.0373. The number of amides is 2. The average molecular weight is 505 g/mol. The third kappa shape index (κ3) is 8.22. The highest BCUT2D eigenvalue weighted by molar-refractivity contribution is 9.10. The number of ether oxygens (including phenoxy) is 1. The van der Waals surface area contributed by atoms with Crippen molar-refractivity contribution in [2.45, 2.75) is 43.7 Å². The quantitative estimate of drug-likeness (QED) is 0.483. The standard InChI is InChI=1S/C24H29BrN2O3S/c1-18(17-31-22-10-7-20(25)8-11-22)15-27-14-13-21(9-12-23(27)28)26-24(29)30-16-19-5-3-2-4-6-19/h2-8,10-11,18,21H,9,12-17H2,1H3,(H,26,29)/t18-,21-/m1/s1. The first-order valence-corrected chi connectivity index (χ1v) is 12.4. The van der Waals surface area contributed by atoms with Crippen molar-refractivity contribution < 1.29 is 14.3 Å². The number of alkyl carbamates (subject to hydrolysis) is 1. The third-order valence-electron chi connectivity index (χ3n) is 5.22. The van der Waals surface area contributed by atoms with E-state index >= 15 is 0 Å². The molecule has 0 spiro atoms. The predicted octanol–water partition coefficient (Wildman–Crippen LogP) is 5.48. The Morgan fingerprint density at radius 2 is 1.94 bits per heavy atom. The van der Waals surface area contributed by atoms with Crippen molar-refractivity contribution in [3.63, 3.8) is 0 Å². The van der Waals surface area contributed by atoms with E-state index in [1.807, 2.05) is 59.1 Å². The van der Waals surface area contributed by atoms with Gasteiger partial charge in [-0.1, -0.05) is 53.2 Å². The van der Waals surface area contributed by atoms with Crippen LogP contribution in [0, 0.1) is 5.92 Å². The summed E-state index contributed by atoms with van der Waals surface area (Å²) in [5.74, 6) is 1.51. The second kappa shape index (κ2) is 12.2. The lowest BCUT2D eigenvalue weighted by Gasteiger charge is -2.24. The molecule has 0 radical (unpaired) electrons. The summed E-state index contributed by atoms with van der Waals surface area (Å²) < 4.78 is 6.39. The number of carbonyl (C=O) groups is 2. The first-order valence-electron chi connectivity index (χ1n) is 10.6. The van der Waals surface area contributed by atoms with Crippen LogP contribution in [0.25, 0.3) is 0 Å². The van der Waals surface area contributed by atoms with Gasteiger partial charge in [-0.15, -0.1) is 11.8 Å². The van der Waals surface area contributed by atoms with E-state index in [1.54, 1.807) is 0 Å². The summed E-state index contributed by atoms with van der Waals surface area (Å²) in [6.45, 7) is 3.84. The van der Waals surface area contributed by atoms with Crippen LogP contribution in [-0.4, -0.2) is 41.8 Å². The molecular weight excluding hydrogens is 476 g/mol. The van der Waals surface area contributed by atoms with E-state index in [0.717, 1.165) is 28.8 Å². The van der Waals surface area contributed by atoms with Crippen LogP contribution in [0.4, 0.5) is 4.79 Å². The largest absolute Gasteiger partial charge is 0.445 e. The maximum Gasteiger partial charge on any atom is 0.407 e. The molecule has 166 valence electrons. The van der Waals surface area contributed by atoms with E-state index in [2.05, 4.69) is 40.3 Å². The Balaban J connectivity index is 1.40. The number of nitrogens with zero attached hydrogens (tertiary/aromatic N) is 1. The zero-order valence-corrected chi connectivity index (χ0v) is 20.2. The van der Waals surface area contributed by atoms with Crippen LogP contribution < -0.4 is 5.32 Å². The summed E-state index contributed by atoms with van der Waals surface area (Å²) >= 11 is 5.27. The van der Waals surface area contributed by atoms with Gasteiger partial charge >= 0.3 is 6.09 Å². The molecule has 1 aliphatic rings. The fourth-order valence-electron chi connectivity index (χ4n) is 3.50. The molecule has 0 bridgehead atoms. The van der Waals surface area contributed by atoms with Crippen molar-refractivity contribution in [3.05, 3.63) is 64.6 Å². The van der Waals surface area contributed by atoms with Crippen LogP contribution in [0.5, 0.6) is 0 Å². The summed E-state index contributed by atoms with van der Waals surface area (Å²) in [7, 11) is 0. The number of nitrogens with one attached hydrogen (secondary N) is 1. The molecule has 0 unspecified atom stereocenters. The molecule has 7 heteroatoms. The molecular formula is C24H29BrN2O3S. The first kappa shape index (κ1) is 23.7. The molecule has 1 saturated heterocycles. The zero-order chi connectivity index (χ0) is 22.1. The summed E-state index contributed by atoms with van der Waals surface area (Å²) in [5.41, 5.74) is 0.954. The van der Waals surface area contributed by atoms with Crippen molar-refractivity contribution in [3.8, 4) is 0 Å². The molecule has 2 atom stereocenters. The molecule has 31 heavy (non-hydrogen) atoms. The van der Waals surface area contributed by atoms with E-state index in [-0.39, 0.29) is 18.6 Å². The maximum absolute atomic E-state index is 12.6. The molecule has 3 rings (SSSR count). The van der Waals surface area contributed by atoms with Crippen LogP contribution in [0.3, 0.4) is 0 Å². The molecule has 0 aliphatic carbocycles. The fraction of sp³-hybridized carbons (Fsp3) is 0.417. The Morgan fingerprint density at radius 3 is 2.68 bits per heavy atom. The predicted molar refractivity (Wildman–Crippen MR) is 128 cm³/mol. The molecule has 5 nitrogen and oxygen atoms in total. The highest BCUT2D eigenvalue weighted by Crippen LogP contribution is 2.24. The van der Waals surface area contributed by atoms with Gasteiger partial charge in [0.25, 0.3) is 0 Å². The SMILES string of the molecule is C[C@@H](CSc1ccc(Br)cc1)CN1CC[C@H](NC(=O)OCc2ccccc2)CCC1=O. The molecule has 0 saturated carbocycles. The minimum atomic E-state index is -0.422. The number of benzene rings is 2. The number of likely N-dealkylation sites (tertiary alicyclic amines) is 1. The van der Waals surface area contributed by atoms with Gasteiger partial charge in [0.1, 0.15) is 6.61 Å². The van der Waals surface area contributed by atoms with E-state index < -0.39 is 6.09 Å². The van der Waals surface area contributed by atoms with Crippen molar-refractivity contribution in [2.75, 3.05) is 18.8 Å². The van der Waals surface area contributed by atoms with E-state index in [0.29, 0.717) is 25.3 Å². The monoisotopic (exact) mass is 504 g/mol. The van der Waals surface area contributed by atoms with Gasteiger partial charge in [0.05, 0.1) is 0 Å². The van der Waals surface area contributed by atoms with Crippen molar-refractivity contribution in [1.82, 2.24) is 10.2 Å². The molecule has 0 aromatic heterocycles. The normalized spacial score (nSPS) is 17.7. The van der Waals surface area contributed by atoms with Gasteiger partial charge in [0.2, 0.25) is 5.91 Å². The summed E-state index contributed by atoms with van der Waals surface area (Å²) in [6, 6.07) is 17.9. The summed E-state index contributed by atoms with van der Waals surface area (Å²) in [4.78, 5) is 27.9. The highest BCUT2D eigenvalue weighted by Gasteiger charge is 2.25. The Hall–Kier alpha value is -1.99. The number of thioether (sulfide) groups is 1. The van der Waals surface area contributed by atoms with Crippen molar-refractivity contribution in [2.24, 2.45) is 5.92 Å². The number of halogens is 1. The van der Waals surface area contributed by atoms with Crippen LogP contribution >= 0.6 is 27.7 Å². The number of hydrogen-bond acceptors (Lipinski definition) is 4. The second-order valence-corrected chi connectivity index (χ2v) is 9.95. The van der Waals surface area contributed by atoms with Crippen LogP contribution in [0.2, 0.25) is 0 Å². The lowest BCUT2D eigenvalue weighted by Crippen LogP contribution is -2.37. The zero-order valence-electron chi connectivity index (χ0n) is 17.8. The van der Waals surface area contributed by atoms with Crippen LogP contribution in [0.15, 0.2) is 64.0 Å². The van der Waals surface area contributed by atoms with Gasteiger partial charge in [0, 0.05) is 40.7 Å². The highest BCUT2D eigenvalue weighted by atomic mass is 79.9. The van der Waals surface area contributed by atoms with Gasteiger partial charge < -0.3 is 15.0 Å². The number of hydrogen-bond donors (Lipinski definition) is 1. The molecule has 1 aliphatic heterocycles. The smallest absolute Gasteiger partial charge is 0.407 e. The second-order valence-electron chi connectivity index (χ2n) is 7.94. The Bertz CT molecular complexity index is 848. The Kier molecular flexibility index (Phi) is 9.28. The van der Waals surface area contributed by atoms with Gasteiger partial charge in [-0.2, -0.15) is 0 Å². The van der Waals surface area contributed by atoms with Gasteiger partial charge in [-0.3, -0.25) is 4.79 Å². The third-order valence-corrected chi connectivity index (χ3v) is 7.09. The summed E-state index contributed by atoms with van der Waals surface area (Å²) in [5, 5.41) is 2.93. The number of rotatable bonds is 8. The Labute approximate surface area is 197 Å². The summed E-state index contributed by atoms with van der Waals surface area (Å²) in [6.07, 6.45) is 1.43. The molecule has 2 amide bonds. The fourth-order valence-corrected chi connectivity index (χ4v) is 4.68. The average Bonchev–Trinajstić information content (AvgIpc) is 2.94. The molecule has 2 aromatic rings. The molecule has 2 aromatic carbocycles. The van der Waals surface area contributed by atoms with Crippen LogP contribution in [0.1, 0.15) is 31.7 Å². The first-order chi connectivity index (χ1) is 15.0. The lowest BCUT2D eigenvalue weighted by molar-refractivity contribution is -0.131. The van der Waals surface area contributed by atoms with Crippen LogP contribution in [-0.2, 0) is 16.1 Å². The van der Waals surface area contributed by atoms with Gasteiger partial charge in [0.15, 0.2) is 0 Å². The van der Waals surface area contributed by atoms with E-state index in [9.17, 15) is 9.59 Å². The maximum atomic E-state index is 12.6. The molecule has 1 N–H and O–H groups in total. The van der Waals surface area contributed by atoms with Crippen molar-refractivity contribution in [1.29, 1.82) is 0 Å².